The molecule has 5 heteroatoms. The van der Waals surface area contributed by atoms with Crippen LogP contribution in [0.25, 0.3) is 0 Å². The first-order chi connectivity index (χ1) is 12.3. The molecule has 0 atom stereocenters. The summed E-state index contributed by atoms with van der Waals surface area (Å²) in [4.78, 5) is 15.2. The van der Waals surface area contributed by atoms with Gasteiger partial charge in [-0.3, -0.25) is 9.69 Å². The minimum absolute atomic E-state index is 0. The molecule has 4 rings (SSSR count). The van der Waals surface area contributed by atoms with Crippen LogP contribution in [0.1, 0.15) is 28.2 Å². The summed E-state index contributed by atoms with van der Waals surface area (Å²) in [7, 11) is 0. The lowest BCUT2D eigenvalue weighted by molar-refractivity contribution is -0.145. The van der Waals surface area contributed by atoms with E-state index < -0.39 is 0 Å². The van der Waals surface area contributed by atoms with Crippen LogP contribution in [0.3, 0.4) is 0 Å². The van der Waals surface area contributed by atoms with Crippen molar-refractivity contribution < 1.29 is 14.3 Å². The molecule has 1 heterocycles. The van der Waals surface area contributed by atoms with Crippen molar-refractivity contribution in [2.45, 2.75) is 12.3 Å². The van der Waals surface area contributed by atoms with Gasteiger partial charge in [0.2, 0.25) is 0 Å². The van der Waals surface area contributed by atoms with Gasteiger partial charge in [0.25, 0.3) is 0 Å². The van der Waals surface area contributed by atoms with Crippen molar-refractivity contribution in [3.8, 4) is 0 Å². The summed E-state index contributed by atoms with van der Waals surface area (Å²) in [5.41, 5.74) is 4.60. The number of fused-ring (bicyclic) bond motifs is 2. The number of benzene rings is 2. The number of carbonyl (C=O) groups excluding carboxylic acids is 1. The highest BCUT2D eigenvalue weighted by Crippen LogP contribution is 2.37. The zero-order valence-electron chi connectivity index (χ0n) is 14.7. The van der Waals surface area contributed by atoms with E-state index in [1.54, 1.807) is 0 Å². The van der Waals surface area contributed by atoms with Crippen LogP contribution >= 0.6 is 12.4 Å². The highest BCUT2D eigenvalue weighted by Gasteiger charge is 2.31. The molecule has 4 nitrogen and oxygen atoms in total. The van der Waals surface area contributed by atoms with Crippen molar-refractivity contribution >= 4 is 18.4 Å². The molecule has 0 N–H and O–H groups in total. The molecule has 2 aromatic carbocycles. The average Bonchev–Trinajstić information content (AvgIpc) is 2.66. The van der Waals surface area contributed by atoms with E-state index >= 15 is 0 Å². The third-order valence-electron chi connectivity index (χ3n) is 5.10. The lowest BCUT2D eigenvalue weighted by Crippen LogP contribution is -2.38. The zero-order chi connectivity index (χ0) is 17.1. The highest BCUT2D eigenvalue weighted by atomic mass is 35.5. The normalized spacial score (nSPS) is 16.9. The van der Waals surface area contributed by atoms with Crippen molar-refractivity contribution in [3.05, 3.63) is 70.8 Å². The van der Waals surface area contributed by atoms with Crippen molar-refractivity contribution in [1.82, 2.24) is 4.90 Å². The van der Waals surface area contributed by atoms with Crippen LogP contribution in [-0.2, 0) is 20.7 Å². The zero-order valence-corrected chi connectivity index (χ0v) is 15.5. The summed E-state index contributed by atoms with van der Waals surface area (Å²) >= 11 is 0. The molecule has 26 heavy (non-hydrogen) atoms. The first-order valence-corrected chi connectivity index (χ1v) is 8.95. The van der Waals surface area contributed by atoms with Gasteiger partial charge >= 0.3 is 5.97 Å². The lowest BCUT2D eigenvalue weighted by atomic mass is 9.78. The molecule has 2 aliphatic rings. The van der Waals surface area contributed by atoms with E-state index in [9.17, 15) is 4.79 Å². The first-order valence-electron chi connectivity index (χ1n) is 8.95. The number of carbonyl (C=O) groups is 1. The quantitative estimate of drug-likeness (QED) is 0.772. The largest absolute Gasteiger partial charge is 0.464 e. The summed E-state index contributed by atoms with van der Waals surface area (Å²) in [6, 6.07) is 16.4. The van der Waals surface area contributed by atoms with Crippen molar-refractivity contribution in [3.63, 3.8) is 0 Å². The predicted octanol–water partition coefficient (Wildman–Crippen LogP) is 3.02. The summed E-state index contributed by atoms with van der Waals surface area (Å²) in [5, 5.41) is 0. The van der Waals surface area contributed by atoms with Gasteiger partial charge in [-0.15, -0.1) is 12.4 Å². The molecule has 0 saturated carbocycles. The van der Waals surface area contributed by atoms with Crippen LogP contribution < -0.4 is 0 Å². The lowest BCUT2D eigenvalue weighted by Gasteiger charge is -2.28. The summed E-state index contributed by atoms with van der Waals surface area (Å²) < 4.78 is 11.0. The molecule has 1 saturated heterocycles. The van der Waals surface area contributed by atoms with Gasteiger partial charge in [0.15, 0.2) is 0 Å². The van der Waals surface area contributed by atoms with Gasteiger partial charge in [-0.1, -0.05) is 48.5 Å². The fraction of sp³-hybridized carbons (Fsp3) is 0.381. The van der Waals surface area contributed by atoms with Gasteiger partial charge in [0, 0.05) is 19.6 Å². The Kier molecular flexibility index (Phi) is 6.30. The Morgan fingerprint density at radius 1 is 1.00 bits per heavy atom. The van der Waals surface area contributed by atoms with E-state index in [4.69, 9.17) is 9.47 Å². The van der Waals surface area contributed by atoms with Crippen LogP contribution in [0, 0.1) is 0 Å². The second-order valence-electron chi connectivity index (χ2n) is 6.63. The maximum Gasteiger partial charge on any atom is 0.317 e. The second-order valence-corrected chi connectivity index (χ2v) is 6.63. The molecule has 1 aliphatic carbocycles. The molecule has 1 fully saturated rings. The topological polar surface area (TPSA) is 38.8 Å². The summed E-state index contributed by atoms with van der Waals surface area (Å²) in [6.07, 6.45) is 0.879. The third kappa shape index (κ3) is 3.93. The number of esters is 1. The maximum absolute atomic E-state index is 12.9. The van der Waals surface area contributed by atoms with Gasteiger partial charge in [-0.2, -0.15) is 0 Å². The first kappa shape index (κ1) is 18.9. The standard InChI is InChI=1S/C21H23NO3.ClH/c23-21(25-14-11-22-9-12-24-13-10-22)20-18-7-3-1-5-16(18)15-17-6-2-4-8-19(17)20;/h1-8,20H,9-15H2;1H. The third-order valence-corrected chi connectivity index (χ3v) is 5.10. The smallest absolute Gasteiger partial charge is 0.317 e. The summed E-state index contributed by atoms with van der Waals surface area (Å²) in [6.45, 7) is 4.54. The van der Waals surface area contributed by atoms with Gasteiger partial charge < -0.3 is 9.47 Å². The Labute approximate surface area is 160 Å². The number of nitrogens with zero attached hydrogens (tertiary/aromatic N) is 1. The number of halogens is 1. The SMILES string of the molecule is Cl.O=C(OCCN1CCOCC1)C1c2ccccc2Cc2ccccc21. The van der Waals surface area contributed by atoms with Crippen molar-refractivity contribution in [2.24, 2.45) is 0 Å². The van der Waals surface area contributed by atoms with Crippen LogP contribution in [0.2, 0.25) is 0 Å². The predicted molar refractivity (Wildman–Crippen MR) is 103 cm³/mol. The van der Waals surface area contributed by atoms with Crippen molar-refractivity contribution in [2.75, 3.05) is 39.5 Å². The monoisotopic (exact) mass is 373 g/mol. The van der Waals surface area contributed by atoms with Crippen LogP contribution in [0.4, 0.5) is 0 Å². The van der Waals surface area contributed by atoms with E-state index in [2.05, 4.69) is 29.2 Å². The Bertz CT molecular complexity index is 713. The number of morpholine rings is 1. The molecule has 2 aromatic rings. The number of ether oxygens (including phenoxy) is 2. The van der Waals surface area contributed by atoms with Crippen molar-refractivity contribution in [1.29, 1.82) is 0 Å². The van der Waals surface area contributed by atoms with E-state index in [0.29, 0.717) is 6.61 Å². The molecule has 0 amide bonds. The minimum atomic E-state index is -0.314. The Hall–Kier alpha value is -1.88. The molecule has 0 bridgehead atoms. The van der Waals surface area contributed by atoms with Gasteiger partial charge in [0.05, 0.1) is 13.2 Å². The van der Waals surface area contributed by atoms with Gasteiger partial charge in [-0.25, -0.2) is 0 Å². The Morgan fingerprint density at radius 3 is 2.19 bits per heavy atom. The molecular formula is C21H24ClNO3. The summed E-state index contributed by atoms with van der Waals surface area (Å²) in [5.74, 6) is -0.460. The second kappa shape index (κ2) is 8.67. The fourth-order valence-corrected chi connectivity index (χ4v) is 3.76. The van der Waals surface area contributed by atoms with E-state index in [-0.39, 0.29) is 24.3 Å². The van der Waals surface area contributed by atoms with Crippen LogP contribution in [0.5, 0.6) is 0 Å². The van der Waals surface area contributed by atoms with E-state index in [0.717, 1.165) is 50.4 Å². The molecule has 0 unspecified atom stereocenters. The Morgan fingerprint density at radius 2 is 1.58 bits per heavy atom. The molecule has 138 valence electrons. The number of hydrogen-bond donors (Lipinski definition) is 0. The minimum Gasteiger partial charge on any atom is -0.464 e. The van der Waals surface area contributed by atoms with Gasteiger partial charge in [-0.05, 0) is 28.7 Å². The Balaban J connectivity index is 0.00000196. The molecular weight excluding hydrogens is 350 g/mol. The molecule has 0 aromatic heterocycles. The van der Waals surface area contributed by atoms with Crippen LogP contribution in [-0.4, -0.2) is 50.3 Å². The van der Waals surface area contributed by atoms with Crippen LogP contribution in [0.15, 0.2) is 48.5 Å². The van der Waals surface area contributed by atoms with Gasteiger partial charge in [0.1, 0.15) is 12.5 Å². The molecule has 0 radical (unpaired) electrons. The highest BCUT2D eigenvalue weighted by molar-refractivity contribution is 5.85. The number of hydrogen-bond acceptors (Lipinski definition) is 4. The molecule has 1 aliphatic heterocycles. The maximum atomic E-state index is 12.9. The average molecular weight is 374 g/mol. The fourth-order valence-electron chi connectivity index (χ4n) is 3.76. The molecule has 0 spiro atoms. The van der Waals surface area contributed by atoms with E-state index in [1.165, 1.54) is 11.1 Å². The number of rotatable bonds is 4. The van der Waals surface area contributed by atoms with E-state index in [1.807, 2.05) is 24.3 Å².